The SMILES string of the molecule is CC1CCCC(n2nnnc2-c2ccc(F)cc2N)C1C. The Morgan fingerprint density at radius 3 is 2.86 bits per heavy atom. The third-order valence-electron chi connectivity index (χ3n) is 4.73. The van der Waals surface area contributed by atoms with E-state index in [1.54, 1.807) is 6.07 Å². The molecule has 1 aromatic heterocycles. The highest BCUT2D eigenvalue weighted by Gasteiger charge is 2.31. The molecule has 2 N–H and O–H groups in total. The Morgan fingerprint density at radius 1 is 1.29 bits per heavy atom. The smallest absolute Gasteiger partial charge is 0.184 e. The quantitative estimate of drug-likeness (QED) is 0.863. The number of anilines is 1. The molecule has 0 aliphatic heterocycles. The second-order valence-corrected chi connectivity index (χ2v) is 6.01. The third kappa shape index (κ3) is 2.50. The molecule has 3 atom stereocenters. The summed E-state index contributed by atoms with van der Waals surface area (Å²) in [5.41, 5.74) is 6.97. The largest absolute Gasteiger partial charge is 0.398 e. The summed E-state index contributed by atoms with van der Waals surface area (Å²) in [7, 11) is 0. The minimum absolute atomic E-state index is 0.267. The van der Waals surface area contributed by atoms with Gasteiger partial charge in [-0.3, -0.25) is 0 Å². The molecule has 3 unspecified atom stereocenters. The van der Waals surface area contributed by atoms with E-state index in [1.807, 2.05) is 4.68 Å². The number of nitrogen functional groups attached to an aromatic ring is 1. The van der Waals surface area contributed by atoms with Crippen molar-refractivity contribution >= 4 is 5.69 Å². The van der Waals surface area contributed by atoms with Crippen LogP contribution in [-0.2, 0) is 0 Å². The average molecular weight is 289 g/mol. The van der Waals surface area contributed by atoms with Crippen molar-refractivity contribution in [2.75, 3.05) is 5.73 Å². The molecule has 0 bridgehead atoms. The summed E-state index contributed by atoms with van der Waals surface area (Å²) in [5.74, 6) is 1.42. The van der Waals surface area contributed by atoms with E-state index >= 15 is 0 Å². The first-order valence-corrected chi connectivity index (χ1v) is 7.41. The maximum Gasteiger partial charge on any atom is 0.184 e. The molecule has 1 aromatic carbocycles. The Labute approximate surface area is 123 Å². The summed E-state index contributed by atoms with van der Waals surface area (Å²) in [5, 5.41) is 12.1. The standard InChI is InChI=1S/C15H20FN5/c1-9-4-3-5-14(10(9)2)21-15(18-19-20-21)12-7-6-11(16)8-13(12)17/h6-10,14H,3-5,17H2,1-2H3. The maximum absolute atomic E-state index is 13.2. The lowest BCUT2D eigenvalue weighted by Gasteiger charge is -2.34. The van der Waals surface area contributed by atoms with Crippen molar-refractivity contribution in [2.24, 2.45) is 11.8 Å². The molecular weight excluding hydrogens is 269 g/mol. The second-order valence-electron chi connectivity index (χ2n) is 6.01. The Balaban J connectivity index is 2.01. The first-order valence-electron chi connectivity index (χ1n) is 7.41. The Kier molecular flexibility index (Phi) is 3.61. The number of rotatable bonds is 2. The van der Waals surface area contributed by atoms with Gasteiger partial charge in [-0.25, -0.2) is 9.07 Å². The number of benzene rings is 1. The van der Waals surface area contributed by atoms with E-state index in [2.05, 4.69) is 29.4 Å². The molecule has 6 heteroatoms. The number of halogens is 1. The van der Waals surface area contributed by atoms with E-state index in [4.69, 9.17) is 5.73 Å². The van der Waals surface area contributed by atoms with Gasteiger partial charge in [-0.1, -0.05) is 26.7 Å². The van der Waals surface area contributed by atoms with Crippen LogP contribution in [0.3, 0.4) is 0 Å². The van der Waals surface area contributed by atoms with Gasteiger partial charge in [0.25, 0.3) is 0 Å². The van der Waals surface area contributed by atoms with Crippen molar-refractivity contribution in [2.45, 2.75) is 39.2 Å². The normalized spacial score (nSPS) is 26.0. The van der Waals surface area contributed by atoms with Crippen molar-refractivity contribution in [3.63, 3.8) is 0 Å². The van der Waals surface area contributed by atoms with Gasteiger partial charge in [0.05, 0.1) is 6.04 Å². The summed E-state index contributed by atoms with van der Waals surface area (Å²) in [6.45, 7) is 4.51. The fourth-order valence-electron chi connectivity index (χ4n) is 3.23. The zero-order valence-electron chi connectivity index (χ0n) is 12.3. The monoisotopic (exact) mass is 289 g/mol. The van der Waals surface area contributed by atoms with Gasteiger partial charge in [0.15, 0.2) is 5.82 Å². The van der Waals surface area contributed by atoms with Gasteiger partial charge < -0.3 is 5.73 Å². The average Bonchev–Trinajstić information content (AvgIpc) is 2.91. The highest BCUT2D eigenvalue weighted by molar-refractivity contribution is 5.71. The molecule has 0 spiro atoms. The summed E-state index contributed by atoms with van der Waals surface area (Å²) >= 11 is 0. The summed E-state index contributed by atoms with van der Waals surface area (Å²) in [4.78, 5) is 0. The molecule has 0 amide bonds. The molecule has 1 saturated carbocycles. The van der Waals surface area contributed by atoms with Crippen molar-refractivity contribution in [3.8, 4) is 11.4 Å². The Hall–Kier alpha value is -1.98. The van der Waals surface area contributed by atoms with E-state index in [1.165, 1.54) is 25.0 Å². The molecule has 1 aliphatic carbocycles. The van der Waals surface area contributed by atoms with E-state index in [9.17, 15) is 4.39 Å². The van der Waals surface area contributed by atoms with Crippen LogP contribution in [0.15, 0.2) is 18.2 Å². The molecular formula is C15H20FN5. The lowest BCUT2D eigenvalue weighted by atomic mass is 9.78. The van der Waals surface area contributed by atoms with Gasteiger partial charge in [0, 0.05) is 11.3 Å². The van der Waals surface area contributed by atoms with E-state index in [0.29, 0.717) is 28.9 Å². The van der Waals surface area contributed by atoms with Crippen molar-refractivity contribution in [3.05, 3.63) is 24.0 Å². The van der Waals surface area contributed by atoms with Crippen LogP contribution in [0.2, 0.25) is 0 Å². The summed E-state index contributed by atoms with van der Waals surface area (Å²) in [6.07, 6.45) is 3.48. The molecule has 2 aromatic rings. The Bertz CT molecular complexity index is 639. The summed E-state index contributed by atoms with van der Waals surface area (Å²) in [6, 6.07) is 4.60. The maximum atomic E-state index is 13.2. The van der Waals surface area contributed by atoms with Crippen molar-refractivity contribution in [1.29, 1.82) is 0 Å². The lowest BCUT2D eigenvalue weighted by Crippen LogP contribution is -2.28. The van der Waals surface area contributed by atoms with E-state index in [-0.39, 0.29) is 11.9 Å². The predicted molar refractivity (Wildman–Crippen MR) is 78.8 cm³/mol. The predicted octanol–water partition coefficient (Wildman–Crippen LogP) is 3.06. The number of nitrogens with zero attached hydrogens (tertiary/aromatic N) is 4. The van der Waals surface area contributed by atoms with Crippen LogP contribution in [0.1, 0.15) is 39.2 Å². The van der Waals surface area contributed by atoms with Crippen LogP contribution in [-0.4, -0.2) is 20.2 Å². The minimum Gasteiger partial charge on any atom is -0.398 e. The lowest BCUT2D eigenvalue weighted by molar-refractivity contribution is 0.174. The van der Waals surface area contributed by atoms with Gasteiger partial charge >= 0.3 is 0 Å². The topological polar surface area (TPSA) is 69.6 Å². The molecule has 0 saturated heterocycles. The minimum atomic E-state index is -0.352. The molecule has 1 aliphatic rings. The van der Waals surface area contributed by atoms with Crippen molar-refractivity contribution in [1.82, 2.24) is 20.2 Å². The van der Waals surface area contributed by atoms with Gasteiger partial charge in [-0.15, -0.1) is 5.10 Å². The number of hydrogen-bond donors (Lipinski definition) is 1. The summed E-state index contributed by atoms with van der Waals surface area (Å²) < 4.78 is 15.1. The zero-order valence-corrected chi connectivity index (χ0v) is 12.3. The van der Waals surface area contributed by atoms with Gasteiger partial charge in [0.1, 0.15) is 5.82 Å². The van der Waals surface area contributed by atoms with Crippen LogP contribution >= 0.6 is 0 Å². The van der Waals surface area contributed by atoms with Gasteiger partial charge in [-0.2, -0.15) is 0 Å². The first kappa shape index (κ1) is 14.0. The van der Waals surface area contributed by atoms with Crippen LogP contribution in [0.25, 0.3) is 11.4 Å². The molecule has 3 rings (SSSR count). The highest BCUT2D eigenvalue weighted by Crippen LogP contribution is 2.39. The highest BCUT2D eigenvalue weighted by atomic mass is 19.1. The molecule has 1 heterocycles. The van der Waals surface area contributed by atoms with E-state index < -0.39 is 0 Å². The fourth-order valence-corrected chi connectivity index (χ4v) is 3.23. The van der Waals surface area contributed by atoms with Crippen LogP contribution in [0, 0.1) is 17.7 Å². The molecule has 0 radical (unpaired) electrons. The molecule has 112 valence electrons. The first-order chi connectivity index (χ1) is 10.1. The van der Waals surface area contributed by atoms with E-state index in [0.717, 1.165) is 6.42 Å². The molecule has 1 fully saturated rings. The fraction of sp³-hybridized carbons (Fsp3) is 0.533. The number of hydrogen-bond acceptors (Lipinski definition) is 4. The van der Waals surface area contributed by atoms with Gasteiger partial charge in [-0.05, 0) is 46.9 Å². The molecule has 21 heavy (non-hydrogen) atoms. The van der Waals surface area contributed by atoms with Crippen LogP contribution in [0.4, 0.5) is 10.1 Å². The second kappa shape index (κ2) is 5.42. The number of aromatic nitrogens is 4. The van der Waals surface area contributed by atoms with Crippen LogP contribution in [0.5, 0.6) is 0 Å². The third-order valence-corrected chi connectivity index (χ3v) is 4.73. The zero-order chi connectivity index (χ0) is 15.0. The Morgan fingerprint density at radius 2 is 2.10 bits per heavy atom. The van der Waals surface area contributed by atoms with Crippen LogP contribution < -0.4 is 5.73 Å². The number of tetrazole rings is 1. The number of nitrogens with two attached hydrogens (primary N) is 1. The van der Waals surface area contributed by atoms with Gasteiger partial charge in [0.2, 0.25) is 0 Å². The van der Waals surface area contributed by atoms with Crippen molar-refractivity contribution < 1.29 is 4.39 Å². The molecule has 5 nitrogen and oxygen atoms in total.